The molecule has 2 N–H and O–H groups in total. The van der Waals surface area contributed by atoms with Crippen molar-refractivity contribution in [1.29, 1.82) is 0 Å². The summed E-state index contributed by atoms with van der Waals surface area (Å²) in [5.41, 5.74) is 8.27. The summed E-state index contributed by atoms with van der Waals surface area (Å²) in [6.45, 7) is 3.98. The summed E-state index contributed by atoms with van der Waals surface area (Å²) in [4.78, 5) is 0. The Balaban J connectivity index is 2.19. The highest BCUT2D eigenvalue weighted by atomic mass is 19.1. The molecule has 2 nitrogen and oxygen atoms in total. The van der Waals surface area contributed by atoms with Crippen LogP contribution in [-0.4, -0.2) is 6.04 Å². The van der Waals surface area contributed by atoms with Crippen LogP contribution < -0.4 is 10.5 Å². The van der Waals surface area contributed by atoms with Crippen molar-refractivity contribution in [3.63, 3.8) is 0 Å². The van der Waals surface area contributed by atoms with Crippen molar-refractivity contribution in [3.8, 4) is 5.75 Å². The number of hydrogen-bond acceptors (Lipinski definition) is 2. The minimum absolute atomic E-state index is 0.0146. The molecule has 0 heterocycles. The molecular formula is C17H19F2NO. The van der Waals surface area contributed by atoms with Gasteiger partial charge in [0.05, 0.1) is 0 Å². The first-order valence-electron chi connectivity index (χ1n) is 6.87. The lowest BCUT2D eigenvalue weighted by Crippen LogP contribution is -2.18. The molecule has 21 heavy (non-hydrogen) atoms. The Labute approximate surface area is 123 Å². The van der Waals surface area contributed by atoms with E-state index in [1.807, 2.05) is 32.0 Å². The molecule has 0 aromatic heterocycles. The van der Waals surface area contributed by atoms with Gasteiger partial charge in [0.15, 0.2) is 0 Å². The molecule has 0 spiro atoms. The van der Waals surface area contributed by atoms with Gasteiger partial charge in [0.25, 0.3) is 0 Å². The van der Waals surface area contributed by atoms with Gasteiger partial charge in [-0.15, -0.1) is 0 Å². The molecule has 0 aliphatic rings. The predicted octanol–water partition coefficient (Wildman–Crippen LogP) is 3.74. The molecule has 0 radical (unpaired) electrons. The second kappa shape index (κ2) is 6.68. The van der Waals surface area contributed by atoms with E-state index in [4.69, 9.17) is 10.5 Å². The van der Waals surface area contributed by atoms with E-state index in [9.17, 15) is 8.78 Å². The molecule has 2 aromatic carbocycles. The zero-order valence-electron chi connectivity index (χ0n) is 12.2. The standard InChI is InChI=1S/C17H19F2NO/c1-11-4-3-5-14(6-12(2)20)17(11)21-10-13-7-15(18)9-16(19)8-13/h3-5,7-9,12H,6,10,20H2,1-2H3. The largest absolute Gasteiger partial charge is 0.488 e. The third-order valence-corrected chi connectivity index (χ3v) is 3.14. The normalized spacial score (nSPS) is 12.2. The first-order chi connectivity index (χ1) is 9.95. The zero-order valence-corrected chi connectivity index (χ0v) is 12.2. The Morgan fingerprint density at radius 3 is 2.43 bits per heavy atom. The maximum absolute atomic E-state index is 13.2. The maximum atomic E-state index is 13.2. The average molecular weight is 291 g/mol. The number of aryl methyl sites for hydroxylation is 1. The van der Waals surface area contributed by atoms with Crippen molar-refractivity contribution in [1.82, 2.24) is 0 Å². The molecule has 0 saturated carbocycles. The van der Waals surface area contributed by atoms with Crippen molar-refractivity contribution in [2.75, 3.05) is 0 Å². The summed E-state index contributed by atoms with van der Waals surface area (Å²) in [5, 5.41) is 0. The van der Waals surface area contributed by atoms with Crippen LogP contribution in [0.5, 0.6) is 5.75 Å². The van der Waals surface area contributed by atoms with Gasteiger partial charge in [-0.2, -0.15) is 0 Å². The summed E-state index contributed by atoms with van der Waals surface area (Å²) in [6.07, 6.45) is 0.689. The van der Waals surface area contributed by atoms with Gasteiger partial charge in [-0.3, -0.25) is 0 Å². The summed E-state index contributed by atoms with van der Waals surface area (Å²) in [7, 11) is 0. The molecule has 0 amide bonds. The van der Waals surface area contributed by atoms with Crippen LogP contribution in [0.1, 0.15) is 23.6 Å². The van der Waals surface area contributed by atoms with E-state index in [0.29, 0.717) is 12.0 Å². The highest BCUT2D eigenvalue weighted by Gasteiger charge is 2.10. The molecular weight excluding hydrogens is 272 g/mol. The maximum Gasteiger partial charge on any atom is 0.126 e. The van der Waals surface area contributed by atoms with E-state index >= 15 is 0 Å². The van der Waals surface area contributed by atoms with Gasteiger partial charge in [-0.25, -0.2) is 8.78 Å². The summed E-state index contributed by atoms with van der Waals surface area (Å²) in [6, 6.07) is 9.24. The average Bonchev–Trinajstić information content (AvgIpc) is 2.36. The van der Waals surface area contributed by atoms with Crippen LogP contribution in [0, 0.1) is 18.6 Å². The Kier molecular flexibility index (Phi) is 4.91. The van der Waals surface area contributed by atoms with Crippen LogP contribution in [0.4, 0.5) is 8.78 Å². The van der Waals surface area contributed by atoms with Gasteiger partial charge in [0.2, 0.25) is 0 Å². The molecule has 2 rings (SSSR count). The van der Waals surface area contributed by atoms with Gasteiger partial charge >= 0.3 is 0 Å². The van der Waals surface area contributed by atoms with E-state index in [2.05, 4.69) is 0 Å². The molecule has 0 bridgehead atoms. The first-order valence-corrected chi connectivity index (χ1v) is 6.87. The van der Waals surface area contributed by atoms with E-state index in [1.54, 1.807) is 0 Å². The van der Waals surface area contributed by atoms with Gasteiger partial charge in [-0.05, 0) is 49.1 Å². The Morgan fingerprint density at radius 2 is 1.81 bits per heavy atom. The fourth-order valence-electron chi connectivity index (χ4n) is 2.28. The van der Waals surface area contributed by atoms with Crippen molar-refractivity contribution in [3.05, 3.63) is 64.7 Å². The highest BCUT2D eigenvalue weighted by molar-refractivity contribution is 5.41. The SMILES string of the molecule is Cc1cccc(CC(C)N)c1OCc1cc(F)cc(F)c1. The summed E-state index contributed by atoms with van der Waals surface area (Å²) in [5.74, 6) is -0.470. The van der Waals surface area contributed by atoms with Crippen molar-refractivity contribution < 1.29 is 13.5 Å². The van der Waals surface area contributed by atoms with Gasteiger partial charge in [0.1, 0.15) is 24.0 Å². The van der Waals surface area contributed by atoms with Gasteiger partial charge in [0, 0.05) is 12.1 Å². The number of hydrogen-bond donors (Lipinski definition) is 1. The fourth-order valence-corrected chi connectivity index (χ4v) is 2.28. The summed E-state index contributed by atoms with van der Waals surface area (Å²) >= 11 is 0. The van der Waals surface area contributed by atoms with E-state index < -0.39 is 11.6 Å². The van der Waals surface area contributed by atoms with Crippen molar-refractivity contribution in [2.45, 2.75) is 32.9 Å². The predicted molar refractivity (Wildman–Crippen MR) is 79.2 cm³/mol. The van der Waals surface area contributed by atoms with E-state index in [0.717, 1.165) is 22.9 Å². The van der Waals surface area contributed by atoms with E-state index in [1.165, 1.54) is 12.1 Å². The second-order valence-electron chi connectivity index (χ2n) is 5.31. The van der Waals surface area contributed by atoms with Gasteiger partial charge < -0.3 is 10.5 Å². The van der Waals surface area contributed by atoms with Crippen LogP contribution in [0.2, 0.25) is 0 Å². The van der Waals surface area contributed by atoms with E-state index in [-0.39, 0.29) is 12.6 Å². The number of para-hydroxylation sites is 1. The van der Waals surface area contributed by atoms with Gasteiger partial charge in [-0.1, -0.05) is 18.2 Å². The van der Waals surface area contributed by atoms with Crippen molar-refractivity contribution in [2.24, 2.45) is 5.73 Å². The minimum atomic E-state index is -0.603. The highest BCUT2D eigenvalue weighted by Crippen LogP contribution is 2.25. The third-order valence-electron chi connectivity index (χ3n) is 3.14. The van der Waals surface area contributed by atoms with Crippen LogP contribution in [0.3, 0.4) is 0 Å². The number of halogens is 2. The second-order valence-corrected chi connectivity index (χ2v) is 5.31. The lowest BCUT2D eigenvalue weighted by atomic mass is 10.0. The molecule has 4 heteroatoms. The molecule has 2 aromatic rings. The molecule has 1 atom stereocenters. The Morgan fingerprint density at radius 1 is 1.14 bits per heavy atom. The summed E-state index contributed by atoms with van der Waals surface area (Å²) < 4.78 is 32.1. The van der Waals surface area contributed by atoms with Crippen LogP contribution >= 0.6 is 0 Å². The lowest BCUT2D eigenvalue weighted by molar-refractivity contribution is 0.299. The Hall–Kier alpha value is -1.94. The molecule has 0 aliphatic carbocycles. The number of benzene rings is 2. The number of nitrogens with two attached hydrogens (primary N) is 1. The monoisotopic (exact) mass is 291 g/mol. The fraction of sp³-hybridized carbons (Fsp3) is 0.294. The number of ether oxygens (including phenoxy) is 1. The van der Waals surface area contributed by atoms with Crippen LogP contribution in [-0.2, 0) is 13.0 Å². The molecule has 0 aliphatic heterocycles. The third kappa shape index (κ3) is 4.26. The van der Waals surface area contributed by atoms with Crippen LogP contribution in [0.15, 0.2) is 36.4 Å². The Bertz CT molecular complexity index is 606. The molecule has 1 unspecified atom stereocenters. The minimum Gasteiger partial charge on any atom is -0.488 e. The topological polar surface area (TPSA) is 35.2 Å². The smallest absolute Gasteiger partial charge is 0.126 e. The molecule has 112 valence electrons. The van der Waals surface area contributed by atoms with Crippen LogP contribution in [0.25, 0.3) is 0 Å². The zero-order chi connectivity index (χ0) is 15.4. The quantitative estimate of drug-likeness (QED) is 0.910. The van der Waals surface area contributed by atoms with Crippen molar-refractivity contribution >= 4 is 0 Å². The molecule has 0 fully saturated rings. The first kappa shape index (κ1) is 15.4. The molecule has 0 saturated heterocycles. The lowest BCUT2D eigenvalue weighted by Gasteiger charge is -2.15. The number of rotatable bonds is 5.